The van der Waals surface area contributed by atoms with Crippen LogP contribution in [-0.2, 0) is 21.8 Å². The highest BCUT2D eigenvalue weighted by Gasteiger charge is 2.31. The predicted octanol–water partition coefficient (Wildman–Crippen LogP) is 4.49. The Balaban J connectivity index is 1.93. The minimum absolute atomic E-state index is 0.147. The van der Waals surface area contributed by atoms with Crippen molar-refractivity contribution in [2.45, 2.75) is 4.90 Å². The molecule has 0 saturated heterocycles. The first-order valence-corrected chi connectivity index (χ1v) is 11.9. The van der Waals surface area contributed by atoms with Gasteiger partial charge in [0.05, 0.1) is 4.90 Å². The van der Waals surface area contributed by atoms with Crippen molar-refractivity contribution in [1.29, 1.82) is 0 Å². The summed E-state index contributed by atoms with van der Waals surface area (Å²) >= 11 is 5.44. The Labute approximate surface area is 162 Å². The highest BCUT2D eigenvalue weighted by molar-refractivity contribution is 8.14. The van der Waals surface area contributed by atoms with Crippen molar-refractivity contribution >= 4 is 28.5 Å². The van der Waals surface area contributed by atoms with Gasteiger partial charge < -0.3 is 9.05 Å². The molecule has 27 heavy (non-hydrogen) atoms. The number of halogens is 1. The summed E-state index contributed by atoms with van der Waals surface area (Å²) in [7, 11) is -4.10. The van der Waals surface area contributed by atoms with E-state index in [1.807, 2.05) is 0 Å². The van der Waals surface area contributed by atoms with E-state index in [4.69, 9.17) is 20.9 Å². The first-order chi connectivity index (χ1) is 12.9. The predicted molar refractivity (Wildman–Crippen MR) is 105 cm³/mol. The van der Waals surface area contributed by atoms with E-state index >= 15 is 0 Å². The number of nitrogens with one attached hydrogen (secondary N) is 1. The molecule has 3 aromatic carbocycles. The molecule has 0 aliphatic carbocycles. The van der Waals surface area contributed by atoms with E-state index in [9.17, 15) is 12.8 Å². The van der Waals surface area contributed by atoms with Gasteiger partial charge in [0.2, 0.25) is 10.0 Å². The SMILES string of the molecule is O=S(=O)(NP(=S)(Oc1ccccc1)Oc1ccccc1)c1ccc(F)cc1. The molecule has 0 spiro atoms. The summed E-state index contributed by atoms with van der Waals surface area (Å²) in [6.07, 6.45) is 0. The lowest BCUT2D eigenvalue weighted by Crippen LogP contribution is -2.25. The first kappa shape index (κ1) is 19.5. The van der Waals surface area contributed by atoms with Crippen molar-refractivity contribution < 1.29 is 21.9 Å². The van der Waals surface area contributed by atoms with Gasteiger partial charge in [-0.2, -0.15) is 0 Å². The number of hydrogen-bond donors (Lipinski definition) is 1. The van der Waals surface area contributed by atoms with E-state index in [0.717, 1.165) is 24.3 Å². The Hall–Kier alpha value is -2.25. The second kappa shape index (κ2) is 8.19. The van der Waals surface area contributed by atoms with Crippen LogP contribution in [0, 0.1) is 5.82 Å². The van der Waals surface area contributed by atoms with Gasteiger partial charge >= 0.3 is 6.64 Å². The molecule has 1 N–H and O–H groups in total. The molecular weight excluding hydrogens is 408 g/mol. The average molecular weight is 423 g/mol. The summed E-state index contributed by atoms with van der Waals surface area (Å²) in [5, 5.41) is 0. The fraction of sp³-hybridized carbons (Fsp3) is 0. The van der Waals surface area contributed by atoms with E-state index in [1.54, 1.807) is 60.7 Å². The first-order valence-electron chi connectivity index (χ1n) is 7.75. The van der Waals surface area contributed by atoms with Gasteiger partial charge in [-0.3, -0.25) is 0 Å². The van der Waals surface area contributed by atoms with Crippen LogP contribution >= 0.6 is 6.64 Å². The van der Waals surface area contributed by atoms with Crippen molar-refractivity contribution in [1.82, 2.24) is 4.49 Å². The summed E-state index contributed by atoms with van der Waals surface area (Å²) in [4.78, 5) is -0.147. The molecule has 0 aliphatic rings. The Kier molecular flexibility index (Phi) is 5.92. The van der Waals surface area contributed by atoms with Crippen LogP contribution < -0.4 is 13.5 Å². The molecule has 0 amide bonds. The maximum absolute atomic E-state index is 13.1. The molecule has 0 aromatic heterocycles. The van der Waals surface area contributed by atoms with Crippen molar-refractivity contribution in [2.24, 2.45) is 0 Å². The largest absolute Gasteiger partial charge is 0.424 e. The molecule has 5 nitrogen and oxygen atoms in total. The fourth-order valence-corrected chi connectivity index (χ4v) is 6.74. The lowest BCUT2D eigenvalue weighted by Gasteiger charge is -2.24. The minimum atomic E-state index is -4.10. The molecule has 0 heterocycles. The molecule has 0 radical (unpaired) electrons. The molecule has 0 unspecified atom stereocenters. The van der Waals surface area contributed by atoms with Crippen LogP contribution in [0.15, 0.2) is 89.8 Å². The smallest absolute Gasteiger partial charge is 0.379 e. The van der Waals surface area contributed by atoms with Crippen molar-refractivity contribution in [3.63, 3.8) is 0 Å². The van der Waals surface area contributed by atoms with Gasteiger partial charge in [0, 0.05) is 11.8 Å². The van der Waals surface area contributed by atoms with Gasteiger partial charge in [0.1, 0.15) is 17.3 Å². The third-order valence-corrected chi connectivity index (χ3v) is 8.06. The zero-order valence-corrected chi connectivity index (χ0v) is 16.4. The van der Waals surface area contributed by atoms with Crippen LogP contribution in [0.2, 0.25) is 0 Å². The lowest BCUT2D eigenvalue weighted by molar-refractivity contribution is 0.479. The third kappa shape index (κ3) is 5.37. The van der Waals surface area contributed by atoms with Crippen molar-refractivity contribution in [3.8, 4) is 11.5 Å². The minimum Gasteiger partial charge on any atom is -0.424 e. The molecule has 0 aliphatic heterocycles. The van der Waals surface area contributed by atoms with Gasteiger partial charge in [-0.15, -0.1) is 4.49 Å². The Morgan fingerprint density at radius 1 is 0.778 bits per heavy atom. The summed E-state index contributed by atoms with van der Waals surface area (Å²) in [5.74, 6) is 0.173. The Morgan fingerprint density at radius 3 is 1.67 bits per heavy atom. The van der Waals surface area contributed by atoms with Crippen LogP contribution in [0.1, 0.15) is 0 Å². The molecular formula is C18H15FNO4PS2. The summed E-state index contributed by atoms with van der Waals surface area (Å²) in [5.41, 5.74) is 0. The maximum Gasteiger partial charge on any atom is 0.379 e. The summed E-state index contributed by atoms with van der Waals surface area (Å²) in [6.45, 7) is -3.56. The monoisotopic (exact) mass is 423 g/mol. The van der Waals surface area contributed by atoms with E-state index in [2.05, 4.69) is 4.49 Å². The van der Waals surface area contributed by atoms with Crippen LogP contribution in [0.5, 0.6) is 11.5 Å². The Morgan fingerprint density at radius 2 is 1.22 bits per heavy atom. The molecule has 0 saturated carbocycles. The molecule has 0 bridgehead atoms. The summed E-state index contributed by atoms with van der Waals surface area (Å²) < 4.78 is 52.3. The molecule has 140 valence electrons. The number of rotatable bonds is 7. The van der Waals surface area contributed by atoms with Gasteiger partial charge in [0.15, 0.2) is 0 Å². The van der Waals surface area contributed by atoms with E-state index < -0.39 is 22.5 Å². The third-order valence-electron chi connectivity index (χ3n) is 3.29. The molecule has 3 aromatic rings. The van der Waals surface area contributed by atoms with Crippen molar-refractivity contribution in [3.05, 3.63) is 90.7 Å². The van der Waals surface area contributed by atoms with Crippen LogP contribution in [0.3, 0.4) is 0 Å². The Bertz CT molecular complexity index is 1000. The van der Waals surface area contributed by atoms with E-state index in [-0.39, 0.29) is 4.90 Å². The van der Waals surface area contributed by atoms with E-state index in [0.29, 0.717) is 11.5 Å². The quantitative estimate of drug-likeness (QED) is 0.568. The van der Waals surface area contributed by atoms with Crippen LogP contribution in [-0.4, -0.2) is 8.42 Å². The standard InChI is InChI=1S/C18H15FNO4PS2/c19-15-11-13-18(14-12-15)27(21,22)20-25(26,23-16-7-3-1-4-8-16)24-17-9-5-2-6-10-17/h1-14H,(H,20,26). The number of hydrogen-bond acceptors (Lipinski definition) is 5. The molecule has 9 heteroatoms. The molecule has 3 rings (SSSR count). The zero-order valence-electron chi connectivity index (χ0n) is 13.9. The zero-order chi connectivity index (χ0) is 19.3. The number of benzene rings is 3. The van der Waals surface area contributed by atoms with Gasteiger partial charge in [0.25, 0.3) is 0 Å². The molecule has 0 atom stereocenters. The maximum atomic E-state index is 13.1. The van der Waals surface area contributed by atoms with Gasteiger partial charge in [-0.1, -0.05) is 36.4 Å². The van der Waals surface area contributed by atoms with Crippen molar-refractivity contribution in [2.75, 3.05) is 0 Å². The second-order valence-corrected chi connectivity index (χ2v) is 10.4. The fourth-order valence-electron chi connectivity index (χ4n) is 2.11. The van der Waals surface area contributed by atoms with Crippen LogP contribution in [0.25, 0.3) is 0 Å². The summed E-state index contributed by atoms with van der Waals surface area (Å²) in [6, 6.07) is 21.4. The van der Waals surface area contributed by atoms with Crippen LogP contribution in [0.4, 0.5) is 4.39 Å². The lowest BCUT2D eigenvalue weighted by atomic mass is 10.3. The number of para-hydroxylation sites is 2. The topological polar surface area (TPSA) is 64.6 Å². The van der Waals surface area contributed by atoms with Gasteiger partial charge in [-0.25, -0.2) is 12.8 Å². The highest BCUT2D eigenvalue weighted by Crippen LogP contribution is 2.46. The second-order valence-electron chi connectivity index (χ2n) is 5.35. The molecule has 0 fully saturated rings. The van der Waals surface area contributed by atoms with Gasteiger partial charge in [-0.05, 0) is 48.5 Å². The highest BCUT2D eigenvalue weighted by atomic mass is 32.5. The van der Waals surface area contributed by atoms with E-state index in [1.165, 1.54) is 0 Å². The average Bonchev–Trinajstić information content (AvgIpc) is 2.63. The number of sulfonamides is 1. The normalized spacial score (nSPS) is 11.7.